The van der Waals surface area contributed by atoms with Crippen LogP contribution in [0.4, 0.5) is 4.39 Å². The lowest BCUT2D eigenvalue weighted by Gasteiger charge is -2.32. The molecule has 17 heavy (non-hydrogen) atoms. The van der Waals surface area contributed by atoms with Crippen molar-refractivity contribution in [3.05, 3.63) is 22.6 Å². The van der Waals surface area contributed by atoms with E-state index in [1.165, 1.54) is 18.7 Å². The summed E-state index contributed by atoms with van der Waals surface area (Å²) in [6.07, 6.45) is 6.86. The third-order valence-electron chi connectivity index (χ3n) is 3.12. The molecule has 94 valence electrons. The highest BCUT2D eigenvalue weighted by atomic mass is 79.9. The van der Waals surface area contributed by atoms with Gasteiger partial charge >= 0.3 is 0 Å². The number of nitrogens with two attached hydrogens (primary N) is 1. The van der Waals surface area contributed by atoms with Gasteiger partial charge in [0.05, 0.1) is 5.54 Å². The van der Waals surface area contributed by atoms with Crippen molar-refractivity contribution in [1.82, 2.24) is 4.98 Å². The smallest absolute Gasteiger partial charge is 0.250 e. The number of halogens is 2. The Morgan fingerprint density at radius 1 is 1.41 bits per heavy atom. The lowest BCUT2D eigenvalue weighted by atomic mass is 9.83. The first kappa shape index (κ1) is 12.8. The Balaban J connectivity index is 1.97. The predicted octanol–water partition coefficient (Wildman–Crippen LogP) is 3.02. The summed E-state index contributed by atoms with van der Waals surface area (Å²) in [6, 6.07) is 1.34. The van der Waals surface area contributed by atoms with Crippen LogP contribution in [-0.2, 0) is 0 Å². The largest absolute Gasteiger partial charge is 0.474 e. The zero-order valence-electron chi connectivity index (χ0n) is 9.59. The molecule has 2 N–H and O–H groups in total. The van der Waals surface area contributed by atoms with Crippen LogP contribution in [-0.4, -0.2) is 17.1 Å². The van der Waals surface area contributed by atoms with Gasteiger partial charge in [0.1, 0.15) is 6.61 Å². The molecule has 1 fully saturated rings. The first-order valence-electron chi connectivity index (χ1n) is 5.82. The number of aromatic nitrogens is 1. The topological polar surface area (TPSA) is 48.1 Å². The molecule has 0 spiro atoms. The molecule has 1 saturated carbocycles. The minimum Gasteiger partial charge on any atom is -0.474 e. The SMILES string of the molecule is NC1(COc2ncc(Br)cc2F)CCCCC1. The van der Waals surface area contributed by atoms with Gasteiger partial charge in [-0.05, 0) is 34.8 Å². The van der Waals surface area contributed by atoms with Crippen molar-refractivity contribution in [3.8, 4) is 5.88 Å². The van der Waals surface area contributed by atoms with Crippen molar-refractivity contribution in [2.75, 3.05) is 6.61 Å². The van der Waals surface area contributed by atoms with Gasteiger partial charge < -0.3 is 10.5 Å². The fourth-order valence-electron chi connectivity index (χ4n) is 2.12. The van der Waals surface area contributed by atoms with Crippen molar-refractivity contribution in [2.24, 2.45) is 5.73 Å². The molecule has 0 unspecified atom stereocenters. The third kappa shape index (κ3) is 3.39. The van der Waals surface area contributed by atoms with Crippen LogP contribution in [0.5, 0.6) is 5.88 Å². The van der Waals surface area contributed by atoms with Gasteiger partial charge in [0, 0.05) is 10.7 Å². The molecule has 1 aromatic heterocycles. The summed E-state index contributed by atoms with van der Waals surface area (Å²) in [4.78, 5) is 3.89. The molecule has 0 aromatic carbocycles. The van der Waals surface area contributed by atoms with Gasteiger partial charge in [0.25, 0.3) is 5.88 Å². The Hall–Kier alpha value is -0.680. The van der Waals surface area contributed by atoms with Gasteiger partial charge in [-0.2, -0.15) is 0 Å². The van der Waals surface area contributed by atoms with Gasteiger partial charge in [-0.3, -0.25) is 0 Å². The first-order valence-corrected chi connectivity index (χ1v) is 6.61. The summed E-state index contributed by atoms with van der Waals surface area (Å²) in [5, 5.41) is 0. The number of rotatable bonds is 3. The third-order valence-corrected chi connectivity index (χ3v) is 3.55. The fraction of sp³-hybridized carbons (Fsp3) is 0.583. The summed E-state index contributed by atoms with van der Waals surface area (Å²) in [7, 11) is 0. The second-order valence-electron chi connectivity index (χ2n) is 4.65. The highest BCUT2D eigenvalue weighted by Crippen LogP contribution is 2.27. The lowest BCUT2D eigenvalue weighted by Crippen LogP contribution is -2.47. The molecule has 0 atom stereocenters. The molecule has 0 radical (unpaired) electrons. The van der Waals surface area contributed by atoms with Gasteiger partial charge in [0.15, 0.2) is 5.82 Å². The highest BCUT2D eigenvalue weighted by Gasteiger charge is 2.28. The van der Waals surface area contributed by atoms with Crippen LogP contribution in [0.25, 0.3) is 0 Å². The molecule has 0 saturated heterocycles. The maximum absolute atomic E-state index is 13.5. The summed E-state index contributed by atoms with van der Waals surface area (Å²) in [5.74, 6) is -0.428. The van der Waals surface area contributed by atoms with E-state index >= 15 is 0 Å². The average molecular weight is 303 g/mol. The van der Waals surface area contributed by atoms with E-state index in [4.69, 9.17) is 10.5 Å². The fourth-order valence-corrected chi connectivity index (χ4v) is 2.42. The zero-order chi connectivity index (χ0) is 12.3. The molecule has 1 aromatic rings. The van der Waals surface area contributed by atoms with E-state index in [0.717, 1.165) is 25.7 Å². The van der Waals surface area contributed by atoms with E-state index in [9.17, 15) is 4.39 Å². The van der Waals surface area contributed by atoms with Crippen LogP contribution in [0.3, 0.4) is 0 Å². The van der Waals surface area contributed by atoms with Gasteiger partial charge in [-0.15, -0.1) is 0 Å². The monoisotopic (exact) mass is 302 g/mol. The van der Waals surface area contributed by atoms with E-state index in [0.29, 0.717) is 11.1 Å². The second-order valence-corrected chi connectivity index (χ2v) is 5.57. The molecular weight excluding hydrogens is 287 g/mol. The Kier molecular flexibility index (Phi) is 3.99. The summed E-state index contributed by atoms with van der Waals surface area (Å²) >= 11 is 3.15. The van der Waals surface area contributed by atoms with E-state index < -0.39 is 5.82 Å². The maximum atomic E-state index is 13.5. The first-order chi connectivity index (χ1) is 8.09. The maximum Gasteiger partial charge on any atom is 0.250 e. The van der Waals surface area contributed by atoms with Crippen LogP contribution in [0.15, 0.2) is 16.7 Å². The van der Waals surface area contributed by atoms with Crippen molar-refractivity contribution in [2.45, 2.75) is 37.6 Å². The molecule has 0 aliphatic heterocycles. The Morgan fingerprint density at radius 2 is 2.12 bits per heavy atom. The van der Waals surface area contributed by atoms with Crippen LogP contribution < -0.4 is 10.5 Å². The molecule has 1 aliphatic rings. The number of hydrogen-bond acceptors (Lipinski definition) is 3. The standard InChI is InChI=1S/C12H16BrFN2O/c13-9-6-10(14)11(16-7-9)17-8-12(15)4-2-1-3-5-12/h6-7H,1-5,8,15H2. The van der Waals surface area contributed by atoms with E-state index in [-0.39, 0.29) is 11.4 Å². The van der Waals surface area contributed by atoms with Crippen LogP contribution in [0.2, 0.25) is 0 Å². The quantitative estimate of drug-likeness (QED) is 0.933. The Morgan fingerprint density at radius 3 is 2.76 bits per heavy atom. The minimum absolute atomic E-state index is 0.0311. The zero-order valence-corrected chi connectivity index (χ0v) is 11.2. The van der Waals surface area contributed by atoms with Crippen LogP contribution in [0, 0.1) is 5.82 Å². The molecule has 5 heteroatoms. The normalized spacial score (nSPS) is 19.0. The molecule has 2 rings (SSSR count). The van der Waals surface area contributed by atoms with Gasteiger partial charge in [0.2, 0.25) is 0 Å². The molecular formula is C12H16BrFN2O. The summed E-state index contributed by atoms with van der Waals surface area (Å²) in [5.41, 5.74) is 5.88. The molecule has 1 aliphatic carbocycles. The number of ether oxygens (including phenoxy) is 1. The number of hydrogen-bond donors (Lipinski definition) is 1. The average Bonchev–Trinajstić information content (AvgIpc) is 2.29. The minimum atomic E-state index is -0.459. The van der Waals surface area contributed by atoms with E-state index in [2.05, 4.69) is 20.9 Å². The van der Waals surface area contributed by atoms with E-state index in [1.807, 2.05) is 0 Å². The van der Waals surface area contributed by atoms with Crippen LogP contribution in [0.1, 0.15) is 32.1 Å². The Labute approximate surface area is 109 Å². The van der Waals surface area contributed by atoms with Crippen molar-refractivity contribution < 1.29 is 9.13 Å². The number of nitrogens with zero attached hydrogens (tertiary/aromatic N) is 1. The molecule has 0 amide bonds. The lowest BCUT2D eigenvalue weighted by molar-refractivity contribution is 0.164. The highest BCUT2D eigenvalue weighted by molar-refractivity contribution is 9.10. The molecule has 3 nitrogen and oxygen atoms in total. The summed E-state index contributed by atoms with van der Waals surface area (Å²) in [6.45, 7) is 0.332. The predicted molar refractivity (Wildman–Crippen MR) is 67.4 cm³/mol. The van der Waals surface area contributed by atoms with Gasteiger partial charge in [-0.25, -0.2) is 9.37 Å². The van der Waals surface area contributed by atoms with Crippen molar-refractivity contribution in [1.29, 1.82) is 0 Å². The number of pyridine rings is 1. The van der Waals surface area contributed by atoms with Gasteiger partial charge in [-0.1, -0.05) is 19.3 Å². The summed E-state index contributed by atoms with van der Waals surface area (Å²) < 4.78 is 19.5. The Bertz CT molecular complexity index is 394. The second kappa shape index (κ2) is 5.31. The van der Waals surface area contributed by atoms with Crippen molar-refractivity contribution in [3.63, 3.8) is 0 Å². The van der Waals surface area contributed by atoms with Crippen LogP contribution >= 0.6 is 15.9 Å². The van der Waals surface area contributed by atoms with E-state index in [1.54, 1.807) is 0 Å². The molecule has 1 heterocycles. The molecule has 0 bridgehead atoms. The van der Waals surface area contributed by atoms with Crippen molar-refractivity contribution >= 4 is 15.9 Å².